The van der Waals surface area contributed by atoms with E-state index in [0.29, 0.717) is 24.0 Å². The Morgan fingerprint density at radius 1 is 1.47 bits per heavy atom. The highest BCUT2D eigenvalue weighted by molar-refractivity contribution is 7.80. The van der Waals surface area contributed by atoms with E-state index in [-0.39, 0.29) is 11.5 Å². The molecule has 0 bridgehead atoms. The Bertz CT molecular complexity index is 479. The number of thiol groups is 1. The largest absolute Gasteiger partial charge is 0.337 e. The lowest BCUT2D eigenvalue weighted by atomic mass is 10.0. The number of benzene rings is 1. The number of carbonyl (C=O) groups excluding carboxylic acids is 1. The van der Waals surface area contributed by atoms with Crippen molar-refractivity contribution in [2.45, 2.75) is 23.8 Å². The highest BCUT2D eigenvalue weighted by Gasteiger charge is 2.26. The Kier molecular flexibility index (Phi) is 4.47. The second-order valence-electron chi connectivity index (χ2n) is 5.17. The van der Waals surface area contributed by atoms with Gasteiger partial charge in [0.2, 0.25) is 0 Å². The van der Waals surface area contributed by atoms with Gasteiger partial charge in [-0.1, -0.05) is 0 Å². The van der Waals surface area contributed by atoms with Crippen molar-refractivity contribution in [2.75, 3.05) is 27.2 Å². The summed E-state index contributed by atoms with van der Waals surface area (Å²) in [6.07, 6.45) is 2.03. The third-order valence-corrected chi connectivity index (χ3v) is 3.87. The van der Waals surface area contributed by atoms with Crippen molar-refractivity contribution in [3.05, 3.63) is 29.6 Å². The van der Waals surface area contributed by atoms with Crippen LogP contribution in [0.2, 0.25) is 0 Å². The number of hydrogen-bond acceptors (Lipinski definition) is 3. The SMILES string of the molecule is CN(C)C1CCCN(C(=O)c2cc(S)ccc2F)C1. The number of likely N-dealkylation sites (N-methyl/N-ethyl adjacent to an activating group) is 1. The molecule has 1 aromatic rings. The summed E-state index contributed by atoms with van der Waals surface area (Å²) in [6, 6.07) is 4.69. The zero-order valence-corrected chi connectivity index (χ0v) is 12.2. The molecule has 1 heterocycles. The standard InChI is InChI=1S/C14H19FN2OS/c1-16(2)10-4-3-7-17(9-10)14(18)12-8-11(19)5-6-13(12)15/h5-6,8,10,19H,3-4,7,9H2,1-2H3. The lowest BCUT2D eigenvalue weighted by molar-refractivity contribution is 0.0630. The van der Waals surface area contributed by atoms with Gasteiger partial charge in [-0.3, -0.25) is 4.79 Å². The van der Waals surface area contributed by atoms with E-state index in [2.05, 4.69) is 17.5 Å². The van der Waals surface area contributed by atoms with Gasteiger partial charge >= 0.3 is 0 Å². The van der Waals surface area contributed by atoms with Crippen molar-refractivity contribution in [1.29, 1.82) is 0 Å². The lowest BCUT2D eigenvalue weighted by Gasteiger charge is -2.36. The summed E-state index contributed by atoms with van der Waals surface area (Å²) in [4.78, 5) is 16.8. The summed E-state index contributed by atoms with van der Waals surface area (Å²) >= 11 is 4.16. The third-order valence-electron chi connectivity index (χ3n) is 3.59. The van der Waals surface area contributed by atoms with Crippen LogP contribution in [-0.4, -0.2) is 48.9 Å². The zero-order chi connectivity index (χ0) is 14.0. The van der Waals surface area contributed by atoms with E-state index >= 15 is 0 Å². The predicted octanol–water partition coefficient (Wildman–Crippen LogP) is 2.28. The molecule has 1 amide bonds. The minimum atomic E-state index is -0.477. The number of rotatable bonds is 2. The topological polar surface area (TPSA) is 23.6 Å². The van der Waals surface area contributed by atoms with Crippen molar-refractivity contribution in [2.24, 2.45) is 0 Å². The number of nitrogens with zero attached hydrogens (tertiary/aromatic N) is 2. The Morgan fingerprint density at radius 2 is 2.21 bits per heavy atom. The second-order valence-corrected chi connectivity index (χ2v) is 5.69. The molecule has 1 unspecified atom stereocenters. The summed E-state index contributed by atoms with van der Waals surface area (Å²) < 4.78 is 13.7. The fraction of sp³-hybridized carbons (Fsp3) is 0.500. The van der Waals surface area contributed by atoms with E-state index in [1.165, 1.54) is 12.1 Å². The Labute approximate surface area is 118 Å². The number of halogens is 1. The van der Waals surface area contributed by atoms with Gasteiger partial charge in [0, 0.05) is 24.0 Å². The van der Waals surface area contributed by atoms with E-state index in [1.54, 1.807) is 11.0 Å². The summed E-state index contributed by atoms with van der Waals surface area (Å²) in [5.41, 5.74) is 0.118. The maximum atomic E-state index is 13.7. The quantitative estimate of drug-likeness (QED) is 0.841. The summed E-state index contributed by atoms with van der Waals surface area (Å²) in [6.45, 7) is 1.35. The molecule has 0 aromatic heterocycles. The maximum Gasteiger partial charge on any atom is 0.256 e. The van der Waals surface area contributed by atoms with Crippen molar-refractivity contribution in [3.8, 4) is 0 Å². The van der Waals surface area contributed by atoms with Crippen molar-refractivity contribution in [1.82, 2.24) is 9.80 Å². The van der Waals surface area contributed by atoms with Gasteiger partial charge in [0.1, 0.15) is 5.82 Å². The Morgan fingerprint density at radius 3 is 2.89 bits per heavy atom. The first-order valence-corrected chi connectivity index (χ1v) is 6.88. The van der Waals surface area contributed by atoms with Gasteiger partial charge in [0.15, 0.2) is 0 Å². The van der Waals surface area contributed by atoms with E-state index < -0.39 is 5.82 Å². The average molecular weight is 282 g/mol. The minimum absolute atomic E-state index is 0.118. The van der Waals surface area contributed by atoms with Crippen molar-refractivity contribution < 1.29 is 9.18 Å². The molecule has 1 atom stereocenters. The van der Waals surface area contributed by atoms with Crippen LogP contribution in [0.3, 0.4) is 0 Å². The molecule has 0 saturated carbocycles. The molecule has 3 nitrogen and oxygen atoms in total. The maximum absolute atomic E-state index is 13.7. The van der Waals surface area contributed by atoms with E-state index in [0.717, 1.165) is 12.8 Å². The van der Waals surface area contributed by atoms with Gasteiger partial charge < -0.3 is 9.80 Å². The molecular formula is C14H19FN2OS. The molecule has 1 aliphatic rings. The summed E-state index contributed by atoms with van der Waals surface area (Å²) in [5.74, 6) is -0.713. The van der Waals surface area contributed by atoms with Crippen LogP contribution < -0.4 is 0 Å². The first-order chi connectivity index (χ1) is 8.99. The normalized spacial score (nSPS) is 19.8. The van der Waals surface area contributed by atoms with Crippen LogP contribution >= 0.6 is 12.6 Å². The van der Waals surface area contributed by atoms with Crippen LogP contribution in [0, 0.1) is 5.82 Å². The molecule has 1 saturated heterocycles. The molecule has 0 spiro atoms. The molecular weight excluding hydrogens is 263 g/mol. The molecule has 1 aliphatic heterocycles. The monoisotopic (exact) mass is 282 g/mol. The van der Waals surface area contributed by atoms with Crippen LogP contribution in [0.15, 0.2) is 23.1 Å². The van der Waals surface area contributed by atoms with E-state index in [9.17, 15) is 9.18 Å². The molecule has 0 radical (unpaired) electrons. The zero-order valence-electron chi connectivity index (χ0n) is 11.3. The highest BCUT2D eigenvalue weighted by Crippen LogP contribution is 2.20. The van der Waals surface area contributed by atoms with Crippen LogP contribution in [0.25, 0.3) is 0 Å². The number of likely N-dealkylation sites (tertiary alicyclic amines) is 1. The average Bonchev–Trinajstić information content (AvgIpc) is 2.41. The first-order valence-electron chi connectivity index (χ1n) is 6.43. The Hall–Kier alpha value is -1.07. The van der Waals surface area contributed by atoms with Crippen LogP contribution in [0.1, 0.15) is 23.2 Å². The predicted molar refractivity (Wildman–Crippen MR) is 76.3 cm³/mol. The fourth-order valence-corrected chi connectivity index (χ4v) is 2.61. The summed E-state index contributed by atoms with van der Waals surface area (Å²) in [5, 5.41) is 0. The van der Waals surface area contributed by atoms with Gasteiger partial charge in [-0.05, 0) is 45.1 Å². The Balaban J connectivity index is 2.17. The van der Waals surface area contributed by atoms with Crippen LogP contribution in [0.4, 0.5) is 4.39 Å². The van der Waals surface area contributed by atoms with E-state index in [1.807, 2.05) is 14.1 Å². The summed E-state index contributed by atoms with van der Waals surface area (Å²) in [7, 11) is 4.02. The fourth-order valence-electron chi connectivity index (χ4n) is 2.41. The second kappa shape index (κ2) is 5.92. The molecule has 1 fully saturated rings. The van der Waals surface area contributed by atoms with Crippen molar-refractivity contribution >= 4 is 18.5 Å². The van der Waals surface area contributed by atoms with Gasteiger partial charge in [-0.2, -0.15) is 0 Å². The number of amides is 1. The molecule has 0 aliphatic carbocycles. The smallest absolute Gasteiger partial charge is 0.256 e. The number of carbonyl (C=O) groups is 1. The molecule has 5 heteroatoms. The molecule has 0 N–H and O–H groups in total. The van der Waals surface area contributed by atoms with Gasteiger partial charge in [-0.15, -0.1) is 12.6 Å². The lowest BCUT2D eigenvalue weighted by Crippen LogP contribution is -2.47. The molecule has 1 aromatic carbocycles. The van der Waals surface area contributed by atoms with Crippen molar-refractivity contribution in [3.63, 3.8) is 0 Å². The number of piperidine rings is 1. The first kappa shape index (κ1) is 14.3. The molecule has 2 rings (SSSR count). The van der Waals surface area contributed by atoms with Crippen LogP contribution in [-0.2, 0) is 0 Å². The highest BCUT2D eigenvalue weighted by atomic mass is 32.1. The number of hydrogen-bond donors (Lipinski definition) is 1. The minimum Gasteiger partial charge on any atom is -0.337 e. The van der Waals surface area contributed by atoms with E-state index in [4.69, 9.17) is 0 Å². The third kappa shape index (κ3) is 3.28. The van der Waals surface area contributed by atoms with Gasteiger partial charge in [-0.25, -0.2) is 4.39 Å². The molecule has 104 valence electrons. The van der Waals surface area contributed by atoms with Crippen LogP contribution in [0.5, 0.6) is 0 Å². The van der Waals surface area contributed by atoms with Gasteiger partial charge in [0.05, 0.1) is 5.56 Å². The molecule has 19 heavy (non-hydrogen) atoms. The van der Waals surface area contributed by atoms with Gasteiger partial charge in [0.25, 0.3) is 5.91 Å².